The Labute approximate surface area is 137 Å². The van der Waals surface area contributed by atoms with Crippen molar-refractivity contribution in [2.45, 2.75) is 52.6 Å². The van der Waals surface area contributed by atoms with Gasteiger partial charge in [-0.05, 0) is 38.2 Å². The number of rotatable bonds is 5. The largest absolute Gasteiger partial charge is 0.378 e. The minimum atomic E-state index is -0.202. The number of hydrogen-bond donors (Lipinski definition) is 0. The fourth-order valence-corrected chi connectivity index (χ4v) is 3.24. The van der Waals surface area contributed by atoms with E-state index in [2.05, 4.69) is 13.8 Å². The Hall–Kier alpha value is -0.930. The van der Waals surface area contributed by atoms with Crippen molar-refractivity contribution in [2.24, 2.45) is 17.8 Å². The van der Waals surface area contributed by atoms with Gasteiger partial charge in [0.15, 0.2) is 0 Å². The Balaban J connectivity index is 1.89. The lowest BCUT2D eigenvalue weighted by Crippen LogP contribution is -2.34. The Morgan fingerprint density at radius 1 is 1.36 bits per heavy atom. The van der Waals surface area contributed by atoms with Crippen LogP contribution >= 0.6 is 11.6 Å². The summed E-state index contributed by atoms with van der Waals surface area (Å²) in [7, 11) is 0. The Kier molecular flexibility index (Phi) is 5.99. The van der Waals surface area contributed by atoms with Crippen molar-refractivity contribution in [1.29, 1.82) is 0 Å². The molecule has 0 aromatic carbocycles. The lowest BCUT2D eigenvalue weighted by Gasteiger charge is -2.31. The molecule has 2 aliphatic rings. The molecular weight excluding hydrogens is 300 g/mol. The number of carbonyl (C=O) groups is 2. The van der Waals surface area contributed by atoms with Gasteiger partial charge < -0.3 is 4.74 Å². The van der Waals surface area contributed by atoms with Crippen LogP contribution in [0.4, 0.5) is 0 Å². The second-order valence-corrected chi connectivity index (χ2v) is 7.19. The molecule has 1 saturated heterocycles. The molecule has 2 unspecified atom stereocenters. The molecule has 0 amide bonds. The highest BCUT2D eigenvalue weighted by atomic mass is 35.5. The van der Waals surface area contributed by atoms with Crippen molar-refractivity contribution in [3.63, 3.8) is 0 Å². The monoisotopic (exact) mass is 324 g/mol. The van der Waals surface area contributed by atoms with E-state index in [1.807, 2.05) is 13.0 Å². The zero-order chi connectivity index (χ0) is 16.3. The third kappa shape index (κ3) is 4.30. The second kappa shape index (κ2) is 7.56. The molecule has 0 aromatic heterocycles. The summed E-state index contributed by atoms with van der Waals surface area (Å²) < 4.78 is 5.70. The van der Waals surface area contributed by atoms with Gasteiger partial charge in [0.25, 0.3) is 0 Å². The predicted octanol–water partition coefficient (Wildman–Crippen LogP) is 4.05. The zero-order valence-corrected chi connectivity index (χ0v) is 14.4. The van der Waals surface area contributed by atoms with Gasteiger partial charge >= 0.3 is 0 Å². The topological polar surface area (TPSA) is 43.4 Å². The van der Waals surface area contributed by atoms with Gasteiger partial charge in [0, 0.05) is 23.5 Å². The molecule has 0 saturated carbocycles. The molecule has 3 atom stereocenters. The van der Waals surface area contributed by atoms with E-state index in [1.165, 1.54) is 0 Å². The summed E-state index contributed by atoms with van der Waals surface area (Å²) in [5, 5.41) is 0.708. The van der Waals surface area contributed by atoms with Crippen molar-refractivity contribution >= 4 is 23.2 Å². The van der Waals surface area contributed by atoms with E-state index in [0.717, 1.165) is 18.4 Å². The number of ether oxygens (including phenoxy) is 1. The molecular formula is C18H25ClO3. The molecule has 122 valence electrons. The minimum Gasteiger partial charge on any atom is -0.378 e. The lowest BCUT2D eigenvalue weighted by atomic mass is 9.83. The van der Waals surface area contributed by atoms with Gasteiger partial charge in [0.2, 0.25) is 0 Å². The molecule has 2 rings (SSSR count). The molecule has 4 heteroatoms. The highest BCUT2D eigenvalue weighted by Gasteiger charge is 2.31. The molecule has 3 nitrogen and oxygen atoms in total. The number of Topliss-reactive ketones (excluding diaryl/α,β-unsaturated/α-hetero) is 2. The van der Waals surface area contributed by atoms with Gasteiger partial charge in [-0.1, -0.05) is 37.1 Å². The molecule has 1 heterocycles. The van der Waals surface area contributed by atoms with Gasteiger partial charge in [0.1, 0.15) is 11.6 Å². The molecule has 0 N–H and O–H groups in total. The average Bonchev–Trinajstić information content (AvgIpc) is 2.50. The first-order valence-electron chi connectivity index (χ1n) is 8.09. The first kappa shape index (κ1) is 17.4. The number of carbonyl (C=O) groups excluding carboxylic acids is 2. The van der Waals surface area contributed by atoms with E-state index < -0.39 is 0 Å². The maximum Gasteiger partial charge on any atom is 0.147 e. The molecule has 1 aliphatic heterocycles. The van der Waals surface area contributed by atoms with E-state index >= 15 is 0 Å². The number of hydrogen-bond acceptors (Lipinski definition) is 3. The van der Waals surface area contributed by atoms with Crippen molar-refractivity contribution in [3.8, 4) is 0 Å². The number of halogens is 1. The Morgan fingerprint density at radius 3 is 2.73 bits per heavy atom. The molecule has 0 bridgehead atoms. The highest BCUT2D eigenvalue weighted by molar-refractivity contribution is 6.31. The van der Waals surface area contributed by atoms with Gasteiger partial charge in [0.05, 0.1) is 12.5 Å². The number of allylic oxidation sites excluding steroid dienone is 4. The van der Waals surface area contributed by atoms with Crippen LogP contribution < -0.4 is 0 Å². The molecule has 22 heavy (non-hydrogen) atoms. The van der Waals surface area contributed by atoms with Crippen LogP contribution in [-0.2, 0) is 14.3 Å². The normalized spacial score (nSPS) is 29.0. The first-order valence-corrected chi connectivity index (χ1v) is 8.46. The Bertz CT molecular complexity index is 504. The van der Waals surface area contributed by atoms with Crippen LogP contribution in [0.25, 0.3) is 0 Å². The van der Waals surface area contributed by atoms with E-state index in [9.17, 15) is 9.59 Å². The fourth-order valence-electron chi connectivity index (χ4n) is 3.09. The van der Waals surface area contributed by atoms with Crippen molar-refractivity contribution in [2.75, 3.05) is 6.61 Å². The summed E-state index contributed by atoms with van der Waals surface area (Å²) in [6.07, 6.45) is 5.88. The molecule has 0 spiro atoms. The van der Waals surface area contributed by atoms with Gasteiger partial charge in [-0.3, -0.25) is 9.59 Å². The lowest BCUT2D eigenvalue weighted by molar-refractivity contribution is -0.134. The molecule has 1 fully saturated rings. The van der Waals surface area contributed by atoms with Crippen LogP contribution in [0.2, 0.25) is 0 Å². The smallest absolute Gasteiger partial charge is 0.147 e. The van der Waals surface area contributed by atoms with E-state index in [-0.39, 0.29) is 35.9 Å². The number of ketones is 2. The molecule has 0 radical (unpaired) electrons. The van der Waals surface area contributed by atoms with Crippen LogP contribution in [0.5, 0.6) is 0 Å². The summed E-state index contributed by atoms with van der Waals surface area (Å²) in [4.78, 5) is 24.8. The molecule has 1 aliphatic carbocycles. The van der Waals surface area contributed by atoms with Crippen molar-refractivity contribution in [3.05, 3.63) is 22.8 Å². The van der Waals surface area contributed by atoms with Gasteiger partial charge in [-0.2, -0.15) is 0 Å². The van der Waals surface area contributed by atoms with E-state index in [0.29, 0.717) is 24.0 Å². The van der Waals surface area contributed by atoms with Crippen LogP contribution in [-0.4, -0.2) is 24.3 Å². The quantitative estimate of drug-likeness (QED) is 0.716. The first-order chi connectivity index (χ1) is 10.4. The summed E-state index contributed by atoms with van der Waals surface area (Å²) in [6, 6.07) is 0. The summed E-state index contributed by atoms with van der Waals surface area (Å²) in [5.41, 5.74) is 1.01. The Morgan fingerprint density at radius 2 is 2.09 bits per heavy atom. The predicted molar refractivity (Wildman–Crippen MR) is 87.7 cm³/mol. The van der Waals surface area contributed by atoms with Crippen LogP contribution in [0, 0.1) is 17.8 Å². The SMILES string of the molecule is CC1=C(Cl)C=CC(C(=O)CC(=O)C2CCO[C@@H](C(C)C)C2)C1. The van der Waals surface area contributed by atoms with Gasteiger partial charge in [-0.25, -0.2) is 0 Å². The minimum absolute atomic E-state index is 0.0114. The standard InChI is InChI=1S/C18H25ClO3/c1-11(2)18-9-14(6-7-22-18)17(21)10-16(20)13-4-5-15(19)12(3)8-13/h4-5,11,13-14,18H,6-10H2,1-3H3/t13?,14?,18-/m1/s1. The third-order valence-corrected chi connectivity index (χ3v) is 5.13. The van der Waals surface area contributed by atoms with Gasteiger partial charge in [-0.15, -0.1) is 0 Å². The maximum absolute atomic E-state index is 12.4. The summed E-state index contributed by atoms with van der Waals surface area (Å²) >= 11 is 6.01. The van der Waals surface area contributed by atoms with Crippen LogP contribution in [0.3, 0.4) is 0 Å². The third-order valence-electron chi connectivity index (χ3n) is 4.68. The fraction of sp³-hybridized carbons (Fsp3) is 0.667. The maximum atomic E-state index is 12.4. The molecule has 0 aromatic rings. The van der Waals surface area contributed by atoms with E-state index in [1.54, 1.807) is 6.08 Å². The highest BCUT2D eigenvalue weighted by Crippen LogP contribution is 2.29. The average molecular weight is 325 g/mol. The zero-order valence-electron chi connectivity index (χ0n) is 13.6. The summed E-state index contributed by atoms with van der Waals surface area (Å²) in [6.45, 7) is 6.76. The van der Waals surface area contributed by atoms with E-state index in [4.69, 9.17) is 16.3 Å². The van der Waals surface area contributed by atoms with Crippen LogP contribution in [0.15, 0.2) is 22.8 Å². The van der Waals surface area contributed by atoms with Crippen LogP contribution in [0.1, 0.15) is 46.5 Å². The second-order valence-electron chi connectivity index (χ2n) is 6.78. The van der Waals surface area contributed by atoms with Crippen molar-refractivity contribution < 1.29 is 14.3 Å². The summed E-state index contributed by atoms with van der Waals surface area (Å²) in [5.74, 6) is 0.260. The van der Waals surface area contributed by atoms with Crippen molar-refractivity contribution in [1.82, 2.24) is 0 Å².